The summed E-state index contributed by atoms with van der Waals surface area (Å²) < 4.78 is 0. The van der Waals surface area contributed by atoms with Crippen LogP contribution in [0.1, 0.15) is 12.5 Å². The van der Waals surface area contributed by atoms with Crippen LogP contribution in [0.15, 0.2) is 41.2 Å². The van der Waals surface area contributed by atoms with Gasteiger partial charge in [0.05, 0.1) is 6.04 Å². The zero-order valence-corrected chi connectivity index (χ0v) is 14.5. The molecule has 1 aliphatic rings. The van der Waals surface area contributed by atoms with Crippen molar-refractivity contribution in [1.29, 1.82) is 0 Å². The minimum absolute atomic E-state index is 0.00455. The fourth-order valence-electron chi connectivity index (χ4n) is 2.97. The molecule has 1 aromatic heterocycles. The van der Waals surface area contributed by atoms with E-state index in [4.69, 9.17) is 0 Å². The van der Waals surface area contributed by atoms with Crippen molar-refractivity contribution in [3.8, 4) is 0 Å². The lowest BCUT2D eigenvalue weighted by Gasteiger charge is -2.37. The monoisotopic (exact) mass is 341 g/mol. The van der Waals surface area contributed by atoms with E-state index in [2.05, 4.69) is 25.3 Å². The first-order chi connectivity index (χ1) is 12.0. The highest BCUT2D eigenvalue weighted by Crippen LogP contribution is 2.16. The summed E-state index contributed by atoms with van der Waals surface area (Å²) in [6, 6.07) is 10.8. The molecule has 7 nitrogen and oxygen atoms in total. The van der Waals surface area contributed by atoms with Crippen LogP contribution in [0, 0.1) is 6.92 Å². The average Bonchev–Trinajstić information content (AvgIpc) is 2.64. The van der Waals surface area contributed by atoms with Gasteiger partial charge < -0.3 is 10.2 Å². The fourth-order valence-corrected chi connectivity index (χ4v) is 2.97. The quantitative estimate of drug-likeness (QED) is 0.874. The number of anilines is 2. The van der Waals surface area contributed by atoms with E-state index >= 15 is 0 Å². The molecule has 1 aliphatic heterocycles. The third kappa shape index (κ3) is 4.06. The third-order valence-electron chi connectivity index (χ3n) is 4.63. The molecule has 0 radical (unpaired) electrons. The minimum atomic E-state index is -0.205. The molecule has 0 unspecified atom stereocenters. The Morgan fingerprint density at radius 2 is 1.88 bits per heavy atom. The molecule has 7 heteroatoms. The Labute approximate surface area is 146 Å². The van der Waals surface area contributed by atoms with Crippen LogP contribution < -0.4 is 15.8 Å². The summed E-state index contributed by atoms with van der Waals surface area (Å²) in [4.78, 5) is 27.9. The van der Waals surface area contributed by atoms with Crippen molar-refractivity contribution in [2.75, 3.05) is 36.4 Å². The molecule has 0 aliphatic carbocycles. The summed E-state index contributed by atoms with van der Waals surface area (Å²) in [6.07, 6.45) is 0. The number of amides is 1. The second-order valence-electron chi connectivity index (χ2n) is 6.28. The number of piperazine rings is 1. The third-order valence-corrected chi connectivity index (χ3v) is 4.63. The maximum absolute atomic E-state index is 12.5. The van der Waals surface area contributed by atoms with Crippen LogP contribution in [-0.4, -0.2) is 53.2 Å². The predicted octanol–water partition coefficient (Wildman–Crippen LogP) is 1.23. The molecule has 1 aromatic carbocycles. The smallest absolute Gasteiger partial charge is 0.264 e. The average molecular weight is 341 g/mol. The summed E-state index contributed by atoms with van der Waals surface area (Å²) in [5.41, 5.74) is 1.70. The fraction of sp³-hybridized carbons (Fsp3) is 0.389. The highest BCUT2D eigenvalue weighted by molar-refractivity contribution is 5.95. The highest BCUT2D eigenvalue weighted by Gasteiger charge is 2.26. The molecule has 2 aromatic rings. The van der Waals surface area contributed by atoms with E-state index in [0.717, 1.165) is 43.2 Å². The van der Waals surface area contributed by atoms with E-state index < -0.39 is 0 Å². The van der Waals surface area contributed by atoms with E-state index in [9.17, 15) is 9.59 Å². The summed E-state index contributed by atoms with van der Waals surface area (Å²) in [5.74, 6) is 0.765. The lowest BCUT2D eigenvalue weighted by Crippen LogP contribution is -2.53. The molecule has 0 saturated carbocycles. The van der Waals surface area contributed by atoms with Crippen LogP contribution >= 0.6 is 0 Å². The molecule has 132 valence electrons. The summed E-state index contributed by atoms with van der Waals surface area (Å²) in [7, 11) is 0. The molecule has 2 N–H and O–H groups in total. The van der Waals surface area contributed by atoms with Gasteiger partial charge in [-0.2, -0.15) is 5.10 Å². The summed E-state index contributed by atoms with van der Waals surface area (Å²) in [6.45, 7) is 6.98. The Hall–Kier alpha value is -2.67. The standard InChI is InChI=1S/C18H23N5O2/c1-13-5-3-4-6-15(13)19-18(25)14(2)22-9-11-23(12-10-22)16-7-8-17(24)21-20-16/h3-8,14H,9-12H2,1-2H3,(H,19,25)(H,21,24)/t14-/m0/s1. The molecule has 3 rings (SSSR count). The number of hydrogen-bond donors (Lipinski definition) is 2. The number of hydrogen-bond acceptors (Lipinski definition) is 5. The second kappa shape index (κ2) is 7.48. The van der Waals surface area contributed by atoms with Gasteiger partial charge >= 0.3 is 0 Å². The highest BCUT2D eigenvalue weighted by atomic mass is 16.2. The van der Waals surface area contributed by atoms with Crippen molar-refractivity contribution >= 4 is 17.4 Å². The van der Waals surface area contributed by atoms with Gasteiger partial charge in [-0.05, 0) is 31.5 Å². The number of H-pyrrole nitrogens is 1. The largest absolute Gasteiger partial charge is 0.353 e. The van der Waals surface area contributed by atoms with Crippen molar-refractivity contribution in [2.45, 2.75) is 19.9 Å². The van der Waals surface area contributed by atoms with Crippen molar-refractivity contribution in [3.05, 3.63) is 52.3 Å². The normalized spacial score (nSPS) is 16.5. The van der Waals surface area contributed by atoms with E-state index in [0.29, 0.717) is 0 Å². The van der Waals surface area contributed by atoms with Gasteiger partial charge in [0, 0.05) is 37.9 Å². The summed E-state index contributed by atoms with van der Waals surface area (Å²) in [5, 5.41) is 9.53. The van der Waals surface area contributed by atoms with Gasteiger partial charge in [0.15, 0.2) is 0 Å². The van der Waals surface area contributed by atoms with Crippen LogP contribution in [0.3, 0.4) is 0 Å². The molecular formula is C18H23N5O2. The molecule has 1 atom stereocenters. The number of nitrogens with zero attached hydrogens (tertiary/aromatic N) is 3. The van der Waals surface area contributed by atoms with Crippen molar-refractivity contribution in [3.63, 3.8) is 0 Å². The number of aromatic nitrogens is 2. The molecule has 1 fully saturated rings. The molecule has 25 heavy (non-hydrogen) atoms. The molecule has 0 bridgehead atoms. The van der Waals surface area contributed by atoms with E-state index in [1.807, 2.05) is 38.1 Å². The van der Waals surface area contributed by atoms with Gasteiger partial charge in [0.25, 0.3) is 5.56 Å². The van der Waals surface area contributed by atoms with E-state index in [1.54, 1.807) is 6.07 Å². The van der Waals surface area contributed by atoms with Crippen molar-refractivity contribution in [2.24, 2.45) is 0 Å². The summed E-state index contributed by atoms with van der Waals surface area (Å²) >= 11 is 0. The van der Waals surface area contributed by atoms with Crippen molar-refractivity contribution < 1.29 is 4.79 Å². The number of rotatable bonds is 4. The molecule has 2 heterocycles. The molecule has 1 saturated heterocycles. The topological polar surface area (TPSA) is 81.3 Å². The number of aryl methyl sites for hydroxylation is 1. The van der Waals surface area contributed by atoms with Gasteiger partial charge in [-0.1, -0.05) is 18.2 Å². The Bertz CT molecular complexity index is 776. The maximum Gasteiger partial charge on any atom is 0.264 e. The molecular weight excluding hydrogens is 318 g/mol. The number of carbonyl (C=O) groups excluding carboxylic acids is 1. The number of benzene rings is 1. The zero-order chi connectivity index (χ0) is 17.8. The van der Waals surface area contributed by atoms with Crippen LogP contribution in [0.2, 0.25) is 0 Å². The first kappa shape index (κ1) is 17.2. The molecule has 1 amide bonds. The molecule has 0 spiro atoms. The minimum Gasteiger partial charge on any atom is -0.353 e. The van der Waals surface area contributed by atoms with Crippen LogP contribution in [0.4, 0.5) is 11.5 Å². The zero-order valence-electron chi connectivity index (χ0n) is 14.5. The maximum atomic E-state index is 12.5. The Kier molecular flexibility index (Phi) is 5.14. The lowest BCUT2D eigenvalue weighted by atomic mass is 10.1. The Morgan fingerprint density at radius 3 is 2.52 bits per heavy atom. The lowest BCUT2D eigenvalue weighted by molar-refractivity contribution is -0.120. The second-order valence-corrected chi connectivity index (χ2v) is 6.28. The SMILES string of the molecule is Cc1ccccc1NC(=O)[C@H](C)N1CCN(c2ccc(=O)[nH]n2)CC1. The number of para-hydroxylation sites is 1. The van der Waals surface area contributed by atoms with Gasteiger partial charge in [-0.3, -0.25) is 14.5 Å². The van der Waals surface area contributed by atoms with E-state index in [1.165, 1.54) is 6.07 Å². The van der Waals surface area contributed by atoms with Crippen LogP contribution in [0.5, 0.6) is 0 Å². The Balaban J connectivity index is 1.56. The number of carbonyl (C=O) groups is 1. The number of nitrogens with one attached hydrogen (secondary N) is 2. The van der Waals surface area contributed by atoms with E-state index in [-0.39, 0.29) is 17.5 Å². The van der Waals surface area contributed by atoms with Crippen LogP contribution in [-0.2, 0) is 4.79 Å². The van der Waals surface area contributed by atoms with Gasteiger partial charge in [0.2, 0.25) is 5.91 Å². The van der Waals surface area contributed by atoms with Crippen LogP contribution in [0.25, 0.3) is 0 Å². The first-order valence-electron chi connectivity index (χ1n) is 8.46. The number of aromatic amines is 1. The first-order valence-corrected chi connectivity index (χ1v) is 8.46. The van der Waals surface area contributed by atoms with Gasteiger partial charge in [-0.25, -0.2) is 5.10 Å². The van der Waals surface area contributed by atoms with Gasteiger partial charge in [0.1, 0.15) is 5.82 Å². The Morgan fingerprint density at radius 1 is 1.16 bits per heavy atom. The van der Waals surface area contributed by atoms with Gasteiger partial charge in [-0.15, -0.1) is 0 Å². The van der Waals surface area contributed by atoms with Crippen molar-refractivity contribution in [1.82, 2.24) is 15.1 Å². The predicted molar refractivity (Wildman–Crippen MR) is 97.9 cm³/mol.